The molecule has 2 aliphatic heterocycles. The topological polar surface area (TPSA) is 71.1 Å². The van der Waals surface area contributed by atoms with Gasteiger partial charge >= 0.3 is 5.97 Å². The molecule has 1 unspecified atom stereocenters. The van der Waals surface area contributed by atoms with Crippen LogP contribution in [0.2, 0.25) is 0 Å². The Hall–Kier alpha value is -3.02. The minimum Gasteiger partial charge on any atom is -0.492 e. The highest BCUT2D eigenvalue weighted by Crippen LogP contribution is 2.39. The van der Waals surface area contributed by atoms with E-state index in [4.69, 9.17) is 18.9 Å². The maximum Gasteiger partial charge on any atom is 0.308 e. The number of rotatable bonds is 2. The van der Waals surface area contributed by atoms with E-state index in [1.807, 2.05) is 12.1 Å². The molecule has 0 radical (unpaired) electrons. The van der Waals surface area contributed by atoms with Gasteiger partial charge in [-0.15, -0.1) is 0 Å². The normalized spacial score (nSPS) is 17.9. The van der Waals surface area contributed by atoms with Crippen molar-refractivity contribution in [2.45, 2.75) is 12.8 Å². The standard InChI is InChI=1S/C18H14O6/c1-10(19)24-12-3-4-13-16(7-12)21-8-14(18(13)20)11-2-5-15-17(6-11)23-9-22-15/h2-7,14H,8-9H2,1H3. The average Bonchev–Trinajstić information content (AvgIpc) is 3.02. The summed E-state index contributed by atoms with van der Waals surface area (Å²) < 4.78 is 21.4. The number of Topliss-reactive ketones (excluding diaryl/α,β-unsaturated/α-hetero) is 1. The van der Waals surface area contributed by atoms with E-state index in [1.165, 1.54) is 6.92 Å². The number of hydrogen-bond donors (Lipinski definition) is 0. The molecule has 2 aliphatic rings. The molecule has 2 aromatic rings. The minimum atomic E-state index is -0.421. The van der Waals surface area contributed by atoms with Crippen LogP contribution in [-0.2, 0) is 4.79 Å². The third-order valence-corrected chi connectivity index (χ3v) is 4.00. The van der Waals surface area contributed by atoms with Crippen LogP contribution in [0.5, 0.6) is 23.0 Å². The fourth-order valence-corrected chi connectivity index (χ4v) is 2.87. The molecule has 0 N–H and O–H groups in total. The highest BCUT2D eigenvalue weighted by atomic mass is 16.7. The molecule has 0 saturated carbocycles. The van der Waals surface area contributed by atoms with E-state index in [0.717, 1.165) is 5.56 Å². The molecule has 0 aliphatic carbocycles. The van der Waals surface area contributed by atoms with Gasteiger partial charge in [-0.05, 0) is 29.8 Å². The Labute approximate surface area is 137 Å². The largest absolute Gasteiger partial charge is 0.492 e. The summed E-state index contributed by atoms with van der Waals surface area (Å²) in [4.78, 5) is 23.8. The second-order valence-corrected chi connectivity index (χ2v) is 5.59. The molecule has 0 bridgehead atoms. The fourth-order valence-electron chi connectivity index (χ4n) is 2.87. The molecule has 4 rings (SSSR count). The quantitative estimate of drug-likeness (QED) is 0.624. The molecule has 2 aromatic carbocycles. The summed E-state index contributed by atoms with van der Waals surface area (Å²) in [5.41, 5.74) is 1.29. The molecule has 0 amide bonds. The zero-order valence-electron chi connectivity index (χ0n) is 12.9. The van der Waals surface area contributed by atoms with Crippen molar-refractivity contribution in [3.05, 3.63) is 47.5 Å². The lowest BCUT2D eigenvalue weighted by Gasteiger charge is -2.24. The van der Waals surface area contributed by atoms with Gasteiger partial charge in [0.05, 0.1) is 11.5 Å². The number of esters is 1. The highest BCUT2D eigenvalue weighted by Gasteiger charge is 2.31. The van der Waals surface area contributed by atoms with Gasteiger partial charge in [0.15, 0.2) is 17.3 Å². The van der Waals surface area contributed by atoms with E-state index in [2.05, 4.69) is 0 Å². The van der Waals surface area contributed by atoms with Gasteiger partial charge in [0.1, 0.15) is 18.1 Å². The Kier molecular flexibility index (Phi) is 3.37. The van der Waals surface area contributed by atoms with Crippen molar-refractivity contribution in [3.8, 4) is 23.0 Å². The summed E-state index contributed by atoms with van der Waals surface area (Å²) in [5, 5.41) is 0. The van der Waals surface area contributed by atoms with Crippen LogP contribution in [0.3, 0.4) is 0 Å². The zero-order valence-corrected chi connectivity index (χ0v) is 12.9. The van der Waals surface area contributed by atoms with Crippen LogP contribution in [0, 0.1) is 0 Å². The summed E-state index contributed by atoms with van der Waals surface area (Å²) in [6.45, 7) is 1.73. The summed E-state index contributed by atoms with van der Waals surface area (Å²) in [7, 11) is 0. The smallest absolute Gasteiger partial charge is 0.308 e. The number of hydrogen-bond acceptors (Lipinski definition) is 6. The number of carbonyl (C=O) groups excluding carboxylic acids is 2. The van der Waals surface area contributed by atoms with Crippen LogP contribution in [0.25, 0.3) is 0 Å². The van der Waals surface area contributed by atoms with Crippen molar-refractivity contribution in [2.75, 3.05) is 13.4 Å². The third-order valence-electron chi connectivity index (χ3n) is 4.00. The summed E-state index contributed by atoms with van der Waals surface area (Å²) in [6.07, 6.45) is 0. The van der Waals surface area contributed by atoms with Crippen molar-refractivity contribution >= 4 is 11.8 Å². The van der Waals surface area contributed by atoms with Gasteiger partial charge in [-0.1, -0.05) is 6.07 Å². The van der Waals surface area contributed by atoms with Gasteiger partial charge in [-0.2, -0.15) is 0 Å². The molecular formula is C18H14O6. The van der Waals surface area contributed by atoms with Crippen molar-refractivity contribution < 1.29 is 28.5 Å². The number of ether oxygens (including phenoxy) is 4. The van der Waals surface area contributed by atoms with E-state index >= 15 is 0 Å². The maximum absolute atomic E-state index is 12.8. The van der Waals surface area contributed by atoms with Crippen LogP contribution >= 0.6 is 0 Å². The van der Waals surface area contributed by atoms with Crippen molar-refractivity contribution in [1.29, 1.82) is 0 Å². The summed E-state index contributed by atoms with van der Waals surface area (Å²) >= 11 is 0. The second kappa shape index (κ2) is 5.56. The lowest BCUT2D eigenvalue weighted by molar-refractivity contribution is -0.131. The average molecular weight is 326 g/mol. The number of fused-ring (bicyclic) bond motifs is 2. The number of carbonyl (C=O) groups is 2. The molecule has 24 heavy (non-hydrogen) atoms. The van der Waals surface area contributed by atoms with Crippen LogP contribution in [0.4, 0.5) is 0 Å². The van der Waals surface area contributed by atoms with Crippen molar-refractivity contribution in [1.82, 2.24) is 0 Å². The van der Waals surface area contributed by atoms with Crippen LogP contribution in [0.15, 0.2) is 36.4 Å². The van der Waals surface area contributed by atoms with Crippen LogP contribution in [0.1, 0.15) is 28.8 Å². The molecule has 0 aromatic heterocycles. The van der Waals surface area contributed by atoms with Crippen LogP contribution < -0.4 is 18.9 Å². The van der Waals surface area contributed by atoms with E-state index in [1.54, 1.807) is 24.3 Å². The first kappa shape index (κ1) is 14.6. The Balaban J connectivity index is 1.63. The molecule has 6 heteroatoms. The molecule has 0 fully saturated rings. The Morgan fingerprint density at radius 3 is 2.71 bits per heavy atom. The molecule has 122 valence electrons. The molecule has 0 saturated heterocycles. The predicted octanol–water partition coefficient (Wildman–Crippen LogP) is 2.70. The predicted molar refractivity (Wildman–Crippen MR) is 82.9 cm³/mol. The fraction of sp³-hybridized carbons (Fsp3) is 0.222. The Morgan fingerprint density at radius 2 is 1.88 bits per heavy atom. The molecule has 1 atom stereocenters. The Morgan fingerprint density at radius 1 is 1.04 bits per heavy atom. The van der Waals surface area contributed by atoms with Crippen molar-refractivity contribution in [2.24, 2.45) is 0 Å². The van der Waals surface area contributed by atoms with E-state index < -0.39 is 11.9 Å². The maximum atomic E-state index is 12.8. The molecular weight excluding hydrogens is 312 g/mol. The second-order valence-electron chi connectivity index (χ2n) is 5.59. The first-order valence-corrected chi connectivity index (χ1v) is 7.51. The van der Waals surface area contributed by atoms with E-state index in [9.17, 15) is 9.59 Å². The van der Waals surface area contributed by atoms with Gasteiger partial charge in [0.25, 0.3) is 0 Å². The number of ketones is 1. The van der Waals surface area contributed by atoms with Crippen molar-refractivity contribution in [3.63, 3.8) is 0 Å². The van der Waals surface area contributed by atoms with Gasteiger partial charge in [0, 0.05) is 13.0 Å². The SMILES string of the molecule is CC(=O)Oc1ccc2c(c1)OCC(c1ccc3c(c1)OCO3)C2=O. The van der Waals surface area contributed by atoms with Crippen LogP contribution in [-0.4, -0.2) is 25.2 Å². The molecule has 2 heterocycles. The van der Waals surface area contributed by atoms with Gasteiger partial charge in [-0.25, -0.2) is 0 Å². The highest BCUT2D eigenvalue weighted by molar-refractivity contribution is 6.04. The molecule has 6 nitrogen and oxygen atoms in total. The zero-order chi connectivity index (χ0) is 16.7. The third kappa shape index (κ3) is 2.46. The lowest BCUT2D eigenvalue weighted by Crippen LogP contribution is -2.26. The first-order valence-electron chi connectivity index (χ1n) is 7.51. The van der Waals surface area contributed by atoms with E-state index in [0.29, 0.717) is 28.6 Å². The molecule has 0 spiro atoms. The Bertz CT molecular complexity index is 841. The number of benzene rings is 2. The monoisotopic (exact) mass is 326 g/mol. The summed E-state index contributed by atoms with van der Waals surface area (Å²) in [5.74, 6) is 1.23. The lowest BCUT2D eigenvalue weighted by atomic mass is 9.89. The van der Waals surface area contributed by atoms with E-state index in [-0.39, 0.29) is 19.2 Å². The van der Waals surface area contributed by atoms with Gasteiger partial charge in [-0.3, -0.25) is 9.59 Å². The van der Waals surface area contributed by atoms with Gasteiger partial charge in [0.2, 0.25) is 6.79 Å². The van der Waals surface area contributed by atoms with Gasteiger partial charge < -0.3 is 18.9 Å². The minimum absolute atomic E-state index is 0.0375. The first-order chi connectivity index (χ1) is 11.6. The summed E-state index contributed by atoms with van der Waals surface area (Å²) in [6, 6.07) is 10.2.